The quantitative estimate of drug-likeness (QED) is 0.164. The minimum atomic E-state index is -0.230. The second kappa shape index (κ2) is 13.5. The highest BCUT2D eigenvalue weighted by molar-refractivity contribution is 6.13. The Morgan fingerprint density at radius 3 is 1.69 bits per heavy atom. The molecule has 58 heavy (non-hydrogen) atoms. The Morgan fingerprint density at radius 2 is 0.897 bits per heavy atom. The summed E-state index contributed by atoms with van der Waals surface area (Å²) in [6.45, 7) is 4.82. The van der Waals surface area contributed by atoms with Crippen LogP contribution in [0, 0.1) is 0 Å². The summed E-state index contributed by atoms with van der Waals surface area (Å²) in [4.78, 5) is 2.38. The lowest BCUT2D eigenvalue weighted by Gasteiger charge is -2.38. The second-order valence-corrected chi connectivity index (χ2v) is 16.1. The Balaban J connectivity index is 1.06. The third-order valence-electron chi connectivity index (χ3n) is 12.4. The van der Waals surface area contributed by atoms with Gasteiger partial charge in [0.25, 0.3) is 0 Å². The number of fused-ring (bicyclic) bond motifs is 4. The summed E-state index contributed by atoms with van der Waals surface area (Å²) < 4.78 is 0. The van der Waals surface area contributed by atoms with Crippen molar-refractivity contribution >= 4 is 49.4 Å². The number of rotatable bonds is 6. The first-order valence-corrected chi connectivity index (χ1v) is 20.3. The van der Waals surface area contributed by atoms with Crippen LogP contribution in [0.1, 0.15) is 25.0 Å². The van der Waals surface area contributed by atoms with Gasteiger partial charge in [-0.2, -0.15) is 0 Å². The fourth-order valence-corrected chi connectivity index (χ4v) is 9.66. The number of hydrogen-bond acceptors (Lipinski definition) is 1. The molecule has 0 bridgehead atoms. The van der Waals surface area contributed by atoms with Crippen LogP contribution in [0.25, 0.3) is 76.8 Å². The summed E-state index contributed by atoms with van der Waals surface area (Å²) in [5.74, 6) is 0. The van der Waals surface area contributed by atoms with Gasteiger partial charge in [0.05, 0.1) is 0 Å². The highest BCUT2D eigenvalue weighted by Crippen LogP contribution is 2.55. The van der Waals surface area contributed by atoms with E-state index in [2.05, 4.69) is 231 Å². The normalized spacial score (nSPS) is 12.8. The first-order valence-electron chi connectivity index (χ1n) is 20.3. The molecule has 0 aliphatic heterocycles. The van der Waals surface area contributed by atoms with Gasteiger partial charge in [-0.25, -0.2) is 0 Å². The molecule has 10 aromatic rings. The molecule has 10 aromatic carbocycles. The Bertz CT molecular complexity index is 3170. The number of nitrogens with zero attached hydrogens (tertiary/aromatic N) is 1. The van der Waals surface area contributed by atoms with Gasteiger partial charge in [0, 0.05) is 22.5 Å². The molecule has 0 radical (unpaired) electrons. The summed E-state index contributed by atoms with van der Waals surface area (Å²) >= 11 is 0. The maximum absolute atomic E-state index is 2.41. The highest BCUT2D eigenvalue weighted by Gasteiger charge is 2.37. The van der Waals surface area contributed by atoms with Crippen molar-refractivity contribution in [1.29, 1.82) is 0 Å². The fraction of sp³-hybridized carbons (Fsp3) is 0.0526. The summed E-state index contributed by atoms with van der Waals surface area (Å²) in [5.41, 5.74) is 16.0. The van der Waals surface area contributed by atoms with Gasteiger partial charge in [-0.15, -0.1) is 0 Å². The lowest BCUT2D eigenvalue weighted by atomic mass is 9.65. The zero-order valence-electron chi connectivity index (χ0n) is 32.7. The van der Waals surface area contributed by atoms with E-state index in [0.717, 1.165) is 17.1 Å². The molecule has 0 saturated heterocycles. The molecule has 1 heteroatoms. The zero-order valence-corrected chi connectivity index (χ0v) is 32.7. The van der Waals surface area contributed by atoms with Crippen molar-refractivity contribution in [3.63, 3.8) is 0 Å². The molecule has 0 spiro atoms. The van der Waals surface area contributed by atoms with Crippen LogP contribution >= 0.6 is 0 Å². The second-order valence-electron chi connectivity index (χ2n) is 16.1. The summed E-state index contributed by atoms with van der Waals surface area (Å²) in [6.07, 6.45) is 0. The van der Waals surface area contributed by atoms with Crippen LogP contribution < -0.4 is 4.90 Å². The molecule has 0 aromatic heterocycles. The van der Waals surface area contributed by atoms with Crippen LogP contribution in [-0.4, -0.2) is 0 Å². The van der Waals surface area contributed by atoms with E-state index in [1.54, 1.807) is 0 Å². The molecule has 1 aliphatic carbocycles. The monoisotopic (exact) mass is 739 g/mol. The first-order chi connectivity index (χ1) is 28.5. The highest BCUT2D eigenvalue weighted by atomic mass is 15.1. The van der Waals surface area contributed by atoms with Crippen molar-refractivity contribution in [1.82, 2.24) is 0 Å². The fourth-order valence-electron chi connectivity index (χ4n) is 9.66. The van der Waals surface area contributed by atoms with Gasteiger partial charge in [-0.05, 0) is 124 Å². The minimum Gasteiger partial charge on any atom is -0.310 e. The topological polar surface area (TPSA) is 3.24 Å². The Kier molecular flexibility index (Phi) is 7.91. The van der Waals surface area contributed by atoms with Crippen molar-refractivity contribution in [2.45, 2.75) is 19.3 Å². The van der Waals surface area contributed by atoms with Crippen molar-refractivity contribution < 1.29 is 0 Å². The van der Waals surface area contributed by atoms with Crippen LogP contribution in [0.2, 0.25) is 0 Å². The Labute approximate surface area is 340 Å². The van der Waals surface area contributed by atoms with Gasteiger partial charge in [0.15, 0.2) is 0 Å². The number of hydrogen-bond donors (Lipinski definition) is 0. The van der Waals surface area contributed by atoms with Crippen molar-refractivity contribution in [3.05, 3.63) is 223 Å². The van der Waals surface area contributed by atoms with Crippen LogP contribution in [0.4, 0.5) is 17.1 Å². The molecule has 0 heterocycles. The minimum absolute atomic E-state index is 0.230. The number of benzene rings is 10. The van der Waals surface area contributed by atoms with E-state index in [1.165, 1.54) is 88.0 Å². The number of anilines is 3. The standard InChI is InChI=1S/C57H41N/c1-57(2)53-24-11-19-43-30-36-51(50-22-10-18-41-16-8-9-20-48(41)50)55(54(43)53)52-23-12-21-49(56(52)57)42-28-33-46(34-29-42)58(47-35-27-39-15-6-7-17-44(39)37-47)45-31-25-40(26-32-45)38-13-4-3-5-14-38/h3-37H,1-2H3. The van der Waals surface area contributed by atoms with Crippen LogP contribution in [-0.2, 0) is 5.41 Å². The van der Waals surface area contributed by atoms with Crippen LogP contribution in [0.15, 0.2) is 212 Å². The van der Waals surface area contributed by atoms with E-state index < -0.39 is 0 Å². The SMILES string of the molecule is CC1(C)c2c(-c3ccc(N(c4ccc(-c5ccccc5)cc4)c4ccc5ccccc5c4)cc3)cccc2-c2c(-c3cccc4ccccc34)ccc3cccc1c23. The predicted molar refractivity (Wildman–Crippen MR) is 248 cm³/mol. The van der Waals surface area contributed by atoms with E-state index in [1.807, 2.05) is 0 Å². The largest absolute Gasteiger partial charge is 0.310 e. The lowest BCUT2D eigenvalue weighted by molar-refractivity contribution is 0.647. The van der Waals surface area contributed by atoms with E-state index >= 15 is 0 Å². The molecule has 11 rings (SSSR count). The summed E-state index contributed by atoms with van der Waals surface area (Å²) in [5, 5.41) is 7.65. The average molecular weight is 740 g/mol. The van der Waals surface area contributed by atoms with Gasteiger partial charge in [0.2, 0.25) is 0 Å². The molecule has 1 nitrogen and oxygen atoms in total. The first kappa shape index (κ1) is 34.1. The average Bonchev–Trinajstić information content (AvgIpc) is 3.28. The molecule has 0 N–H and O–H groups in total. The van der Waals surface area contributed by atoms with Crippen LogP contribution in [0.3, 0.4) is 0 Å². The predicted octanol–water partition coefficient (Wildman–Crippen LogP) is 15.9. The summed E-state index contributed by atoms with van der Waals surface area (Å²) in [6, 6.07) is 78.1. The molecule has 0 unspecified atom stereocenters. The third kappa shape index (κ3) is 5.46. The molecular weight excluding hydrogens is 699 g/mol. The molecule has 0 fully saturated rings. The van der Waals surface area contributed by atoms with Gasteiger partial charge >= 0.3 is 0 Å². The maximum atomic E-state index is 2.41. The van der Waals surface area contributed by atoms with E-state index in [0.29, 0.717) is 0 Å². The lowest BCUT2D eigenvalue weighted by Crippen LogP contribution is -2.25. The van der Waals surface area contributed by atoms with Gasteiger partial charge in [0.1, 0.15) is 0 Å². The van der Waals surface area contributed by atoms with E-state index in [9.17, 15) is 0 Å². The Morgan fingerprint density at radius 1 is 0.345 bits per heavy atom. The molecule has 0 atom stereocenters. The van der Waals surface area contributed by atoms with Crippen LogP contribution in [0.5, 0.6) is 0 Å². The molecule has 274 valence electrons. The Hall–Kier alpha value is -7.22. The molecule has 1 aliphatic rings. The maximum Gasteiger partial charge on any atom is 0.0468 e. The van der Waals surface area contributed by atoms with Crippen molar-refractivity contribution in [2.24, 2.45) is 0 Å². The van der Waals surface area contributed by atoms with Gasteiger partial charge in [-0.3, -0.25) is 0 Å². The van der Waals surface area contributed by atoms with Gasteiger partial charge < -0.3 is 4.90 Å². The van der Waals surface area contributed by atoms with E-state index in [4.69, 9.17) is 0 Å². The third-order valence-corrected chi connectivity index (χ3v) is 12.4. The van der Waals surface area contributed by atoms with Crippen molar-refractivity contribution in [2.75, 3.05) is 4.90 Å². The van der Waals surface area contributed by atoms with Gasteiger partial charge in [-0.1, -0.05) is 190 Å². The smallest absolute Gasteiger partial charge is 0.0468 e. The molecular formula is C57H41N. The summed E-state index contributed by atoms with van der Waals surface area (Å²) in [7, 11) is 0. The van der Waals surface area contributed by atoms with Crippen molar-refractivity contribution in [3.8, 4) is 44.5 Å². The molecule has 0 amide bonds. The zero-order chi connectivity index (χ0) is 38.8. The molecule has 0 saturated carbocycles. The van der Waals surface area contributed by atoms with E-state index in [-0.39, 0.29) is 5.41 Å².